The van der Waals surface area contributed by atoms with Crippen LogP contribution in [-0.2, 0) is 11.1 Å². The zero-order chi connectivity index (χ0) is 19.2. The molecule has 5 N–H and O–H groups in total. The van der Waals surface area contributed by atoms with Crippen molar-refractivity contribution in [3.63, 3.8) is 0 Å². The predicted octanol–water partition coefficient (Wildman–Crippen LogP) is 2.44. The summed E-state index contributed by atoms with van der Waals surface area (Å²) in [5.41, 5.74) is 8.43. The van der Waals surface area contributed by atoms with Crippen molar-refractivity contribution in [2.75, 3.05) is 5.73 Å². The molecule has 0 aliphatic carbocycles. The molecule has 0 saturated heterocycles. The predicted molar refractivity (Wildman–Crippen MR) is 101 cm³/mol. The van der Waals surface area contributed by atoms with Gasteiger partial charge in [0.2, 0.25) is 0 Å². The van der Waals surface area contributed by atoms with Crippen LogP contribution in [0.5, 0.6) is 5.75 Å². The van der Waals surface area contributed by atoms with E-state index in [1.807, 2.05) is 12.1 Å². The molecule has 2 heterocycles. The third-order valence-electron chi connectivity index (χ3n) is 4.22. The minimum atomic E-state index is -4.56. The second-order valence-corrected chi connectivity index (χ2v) is 7.66. The number of hydrogen-bond donors (Lipinski definition) is 4. The third kappa shape index (κ3) is 3.10. The van der Waals surface area contributed by atoms with Crippen LogP contribution < -0.4 is 11.0 Å². The summed E-state index contributed by atoms with van der Waals surface area (Å²) in [6.07, 6.45) is 1.21. The first kappa shape index (κ1) is 17.4. The Morgan fingerprint density at radius 2 is 1.93 bits per heavy atom. The monoisotopic (exact) mass is 385 g/mol. The Morgan fingerprint density at radius 1 is 1.15 bits per heavy atom. The normalized spacial score (nSPS) is 11.9. The summed E-state index contributed by atoms with van der Waals surface area (Å²) >= 11 is 0. The molecule has 0 atom stereocenters. The molecule has 27 heavy (non-hydrogen) atoms. The SMILES string of the molecule is Nc1cccc2c1nc(-c1occc1P(=O)(O)O)n2Cc1cccc(O)c1. The van der Waals surface area contributed by atoms with Crippen LogP contribution >= 0.6 is 7.60 Å². The number of furan rings is 1. The number of hydrogen-bond acceptors (Lipinski definition) is 5. The van der Waals surface area contributed by atoms with Gasteiger partial charge in [-0.15, -0.1) is 0 Å². The molecular formula is C18H16N3O5P. The van der Waals surface area contributed by atoms with Crippen LogP contribution in [0, 0.1) is 0 Å². The van der Waals surface area contributed by atoms with E-state index < -0.39 is 7.60 Å². The number of para-hydroxylation sites is 1. The van der Waals surface area contributed by atoms with Crippen molar-refractivity contribution in [1.29, 1.82) is 0 Å². The van der Waals surface area contributed by atoms with Crippen LogP contribution in [0.15, 0.2) is 59.2 Å². The van der Waals surface area contributed by atoms with Gasteiger partial charge in [-0.1, -0.05) is 18.2 Å². The number of fused-ring (bicyclic) bond motifs is 1. The molecule has 4 rings (SSSR count). The molecule has 0 aliphatic heterocycles. The summed E-state index contributed by atoms with van der Waals surface area (Å²) in [6.45, 7) is 0.297. The van der Waals surface area contributed by atoms with Crippen molar-refractivity contribution in [3.05, 3.63) is 60.4 Å². The smallest absolute Gasteiger partial charge is 0.360 e. The molecule has 0 aliphatic rings. The Balaban J connectivity index is 1.97. The molecule has 9 heteroatoms. The number of nitrogens with two attached hydrogens (primary N) is 1. The lowest BCUT2D eigenvalue weighted by Gasteiger charge is -2.10. The lowest BCUT2D eigenvalue weighted by Crippen LogP contribution is -2.09. The number of phenols is 1. The fourth-order valence-electron chi connectivity index (χ4n) is 3.04. The van der Waals surface area contributed by atoms with Crippen LogP contribution in [0.1, 0.15) is 5.56 Å². The van der Waals surface area contributed by atoms with Gasteiger partial charge in [-0.3, -0.25) is 4.57 Å². The molecule has 0 radical (unpaired) electrons. The Kier molecular flexibility index (Phi) is 4.04. The van der Waals surface area contributed by atoms with E-state index in [9.17, 15) is 19.5 Å². The first-order valence-corrected chi connectivity index (χ1v) is 9.62. The second-order valence-electron chi connectivity index (χ2n) is 6.09. The molecule has 0 saturated carbocycles. The van der Waals surface area contributed by atoms with Gasteiger partial charge in [0.15, 0.2) is 11.6 Å². The van der Waals surface area contributed by atoms with Crippen LogP contribution in [0.25, 0.3) is 22.6 Å². The number of nitrogen functional groups attached to an aromatic ring is 1. The van der Waals surface area contributed by atoms with Gasteiger partial charge in [-0.05, 0) is 35.9 Å². The molecule has 8 nitrogen and oxygen atoms in total. The second kappa shape index (κ2) is 6.28. The van der Waals surface area contributed by atoms with Crippen LogP contribution in [0.3, 0.4) is 0 Å². The van der Waals surface area contributed by atoms with Crippen LogP contribution in [-0.4, -0.2) is 24.4 Å². The zero-order valence-electron chi connectivity index (χ0n) is 14.0. The minimum absolute atomic E-state index is 0.0147. The number of nitrogens with zero attached hydrogens (tertiary/aromatic N) is 2. The molecule has 0 spiro atoms. The van der Waals surface area contributed by atoms with Gasteiger partial charge in [-0.2, -0.15) is 0 Å². The lowest BCUT2D eigenvalue weighted by molar-refractivity contribution is 0.387. The number of aromatic hydroxyl groups is 1. The summed E-state index contributed by atoms with van der Waals surface area (Å²) < 4.78 is 19.0. The van der Waals surface area contributed by atoms with Crippen LogP contribution in [0.4, 0.5) is 5.69 Å². The maximum Gasteiger partial charge on any atom is 0.360 e. The summed E-state index contributed by atoms with van der Waals surface area (Å²) in [5.74, 6) is 0.348. The summed E-state index contributed by atoms with van der Waals surface area (Å²) in [4.78, 5) is 23.7. The van der Waals surface area contributed by atoms with E-state index in [0.29, 0.717) is 23.3 Å². The summed E-state index contributed by atoms with van der Waals surface area (Å²) in [5, 5.41) is 9.49. The number of phenolic OH excluding ortho intramolecular Hbond substituents is 1. The van der Waals surface area contributed by atoms with E-state index >= 15 is 0 Å². The highest BCUT2D eigenvalue weighted by Gasteiger charge is 2.29. The average molecular weight is 385 g/mol. The van der Waals surface area contributed by atoms with Gasteiger partial charge >= 0.3 is 7.60 Å². The van der Waals surface area contributed by atoms with Crippen molar-refractivity contribution in [2.24, 2.45) is 0 Å². The number of anilines is 1. The first-order chi connectivity index (χ1) is 12.8. The quantitative estimate of drug-likeness (QED) is 0.313. The van der Waals surface area contributed by atoms with Gasteiger partial charge < -0.3 is 29.6 Å². The van der Waals surface area contributed by atoms with E-state index in [4.69, 9.17) is 10.2 Å². The van der Waals surface area contributed by atoms with Gasteiger partial charge in [0.05, 0.1) is 17.5 Å². The van der Waals surface area contributed by atoms with E-state index in [1.54, 1.807) is 34.9 Å². The zero-order valence-corrected chi connectivity index (χ0v) is 14.9. The number of rotatable bonds is 4. The molecule has 0 unspecified atom stereocenters. The highest BCUT2D eigenvalue weighted by Crippen LogP contribution is 2.39. The van der Waals surface area contributed by atoms with Crippen molar-refractivity contribution in [2.45, 2.75) is 6.54 Å². The molecule has 0 amide bonds. The van der Waals surface area contributed by atoms with E-state index in [2.05, 4.69) is 4.98 Å². The van der Waals surface area contributed by atoms with Crippen LogP contribution in [0.2, 0.25) is 0 Å². The van der Waals surface area contributed by atoms with Crippen molar-refractivity contribution < 1.29 is 23.9 Å². The first-order valence-electron chi connectivity index (χ1n) is 8.01. The Morgan fingerprint density at radius 3 is 2.67 bits per heavy atom. The fourth-order valence-corrected chi connectivity index (χ4v) is 3.71. The largest absolute Gasteiger partial charge is 0.508 e. The molecule has 2 aromatic carbocycles. The Hall–Kier alpha value is -3.06. The van der Waals surface area contributed by atoms with Gasteiger partial charge in [0, 0.05) is 6.54 Å². The molecule has 138 valence electrons. The van der Waals surface area contributed by atoms with Gasteiger partial charge in [0.1, 0.15) is 16.6 Å². The molecule has 0 fully saturated rings. The van der Waals surface area contributed by atoms with E-state index in [1.165, 1.54) is 12.3 Å². The Labute approximate surface area is 153 Å². The lowest BCUT2D eigenvalue weighted by atomic mass is 10.2. The molecule has 4 aromatic rings. The summed E-state index contributed by atoms with van der Waals surface area (Å²) in [6, 6.07) is 13.2. The van der Waals surface area contributed by atoms with Crippen molar-refractivity contribution >= 4 is 29.6 Å². The molecule has 0 bridgehead atoms. The fraction of sp³-hybridized carbons (Fsp3) is 0.0556. The van der Waals surface area contributed by atoms with Crippen molar-refractivity contribution in [1.82, 2.24) is 9.55 Å². The average Bonchev–Trinajstić information content (AvgIpc) is 3.21. The minimum Gasteiger partial charge on any atom is -0.508 e. The summed E-state index contributed by atoms with van der Waals surface area (Å²) in [7, 11) is -4.56. The molecular weight excluding hydrogens is 369 g/mol. The maximum absolute atomic E-state index is 11.8. The highest BCUT2D eigenvalue weighted by molar-refractivity contribution is 7.60. The Bertz CT molecular complexity index is 1190. The topological polar surface area (TPSA) is 135 Å². The van der Waals surface area contributed by atoms with Gasteiger partial charge in [0.25, 0.3) is 0 Å². The van der Waals surface area contributed by atoms with E-state index in [-0.39, 0.29) is 22.6 Å². The molecule has 2 aromatic heterocycles. The van der Waals surface area contributed by atoms with Gasteiger partial charge in [-0.25, -0.2) is 4.98 Å². The van der Waals surface area contributed by atoms with Crippen molar-refractivity contribution in [3.8, 4) is 17.3 Å². The maximum atomic E-state index is 11.8. The number of benzene rings is 2. The number of aromatic nitrogens is 2. The third-order valence-corrected chi connectivity index (χ3v) is 5.20. The standard InChI is InChI=1S/C18H16N3O5P/c19-13-5-2-6-14-16(13)20-18(17-15(7-8-26-17)27(23,24)25)21(14)10-11-3-1-4-12(22)9-11/h1-9,22H,10,19H2,(H2,23,24,25). The highest BCUT2D eigenvalue weighted by atomic mass is 31.2. The number of imidazole rings is 1. The van der Waals surface area contributed by atoms with E-state index in [0.717, 1.165) is 5.56 Å².